The summed E-state index contributed by atoms with van der Waals surface area (Å²) in [5.41, 5.74) is 3.32. The fourth-order valence-corrected chi connectivity index (χ4v) is 3.68. The summed E-state index contributed by atoms with van der Waals surface area (Å²) in [6.07, 6.45) is 9.21. The minimum Gasteiger partial charge on any atom is -0.493 e. The average molecular weight is 342 g/mol. The highest BCUT2D eigenvalue weighted by Crippen LogP contribution is 2.33. The maximum atomic E-state index is 6.25. The molecule has 0 aliphatic rings. The summed E-state index contributed by atoms with van der Waals surface area (Å²) in [7, 11) is -0.122. The third-order valence-corrected chi connectivity index (χ3v) is 5.43. The van der Waals surface area contributed by atoms with Gasteiger partial charge >= 0.3 is 0 Å². The molecule has 24 heavy (non-hydrogen) atoms. The molecule has 0 N–H and O–H groups in total. The van der Waals surface area contributed by atoms with E-state index in [1.807, 2.05) is 6.07 Å². The first-order valence-corrected chi connectivity index (χ1v) is 11.7. The number of hydrogen-bond acceptors (Lipinski definition) is 3. The molecule has 0 atom stereocenters. The first-order chi connectivity index (χ1) is 11.7. The molecule has 2 aromatic rings. The van der Waals surface area contributed by atoms with Crippen LogP contribution in [0.5, 0.6) is 5.75 Å². The Hall–Kier alpha value is -1.68. The van der Waals surface area contributed by atoms with E-state index in [0.717, 1.165) is 36.5 Å². The van der Waals surface area contributed by atoms with Gasteiger partial charge in [-0.25, -0.2) is 9.97 Å². The van der Waals surface area contributed by atoms with Crippen LogP contribution >= 0.6 is 0 Å². The lowest BCUT2D eigenvalue weighted by atomic mass is 10.0. The van der Waals surface area contributed by atoms with E-state index in [1.54, 1.807) is 12.5 Å². The molecule has 0 aliphatic heterocycles. The Morgan fingerprint density at radius 1 is 1.08 bits per heavy atom. The van der Waals surface area contributed by atoms with Crippen molar-refractivity contribution in [1.29, 1.82) is 0 Å². The summed E-state index contributed by atoms with van der Waals surface area (Å²) in [5, 5.41) is 0. The molecule has 0 fully saturated rings. The van der Waals surface area contributed by atoms with Crippen LogP contribution in [-0.4, -0.2) is 25.4 Å². The van der Waals surface area contributed by atoms with Crippen molar-refractivity contribution in [2.45, 2.75) is 58.2 Å². The second-order valence-electron chi connectivity index (χ2n) is 6.50. The lowest BCUT2D eigenvalue weighted by molar-refractivity contribution is 0.307. The van der Waals surface area contributed by atoms with Crippen molar-refractivity contribution in [2.24, 2.45) is 0 Å². The van der Waals surface area contributed by atoms with Gasteiger partial charge in [0.2, 0.25) is 0 Å². The van der Waals surface area contributed by atoms with Gasteiger partial charge in [0.05, 0.1) is 12.3 Å². The molecule has 0 saturated heterocycles. The quantitative estimate of drug-likeness (QED) is 0.429. The van der Waals surface area contributed by atoms with Crippen LogP contribution in [0.2, 0.25) is 19.1 Å². The van der Waals surface area contributed by atoms with E-state index in [2.05, 4.69) is 48.2 Å². The number of para-hydroxylation sites is 1. The minimum absolute atomic E-state index is 0.122. The second kappa shape index (κ2) is 10.2. The Balaban J connectivity index is 2.14. The van der Waals surface area contributed by atoms with Crippen molar-refractivity contribution >= 4 is 8.80 Å². The monoisotopic (exact) mass is 341 g/mol. The third-order valence-electron chi connectivity index (χ3n) is 4.07. The van der Waals surface area contributed by atoms with Crippen LogP contribution in [0, 0.1) is 0 Å². The topological polar surface area (TPSA) is 35.0 Å². The van der Waals surface area contributed by atoms with E-state index >= 15 is 0 Å². The van der Waals surface area contributed by atoms with Gasteiger partial charge in [-0.1, -0.05) is 51.0 Å². The van der Waals surface area contributed by atoms with Gasteiger partial charge in [-0.15, -0.1) is 0 Å². The molecule has 129 valence electrons. The molecule has 0 spiro atoms. The predicted molar refractivity (Wildman–Crippen MR) is 103 cm³/mol. The van der Waals surface area contributed by atoms with E-state index < -0.39 is 0 Å². The van der Waals surface area contributed by atoms with Gasteiger partial charge in [0.15, 0.2) is 0 Å². The lowest BCUT2D eigenvalue weighted by Crippen LogP contribution is -2.05. The Kier molecular flexibility index (Phi) is 7.96. The first-order valence-electron chi connectivity index (χ1n) is 9.02. The molecular weight excluding hydrogens is 312 g/mol. The van der Waals surface area contributed by atoms with Crippen molar-refractivity contribution in [3.05, 3.63) is 42.4 Å². The zero-order valence-electron chi connectivity index (χ0n) is 15.2. The van der Waals surface area contributed by atoms with E-state index in [1.165, 1.54) is 30.9 Å². The molecule has 1 aromatic carbocycles. The van der Waals surface area contributed by atoms with Crippen LogP contribution in [-0.2, 0) is 6.42 Å². The molecule has 1 heterocycles. The molecule has 0 unspecified atom stereocenters. The van der Waals surface area contributed by atoms with E-state index in [4.69, 9.17) is 4.74 Å². The van der Waals surface area contributed by atoms with E-state index in [9.17, 15) is 0 Å². The highest BCUT2D eigenvalue weighted by atomic mass is 28.3. The summed E-state index contributed by atoms with van der Waals surface area (Å²) in [4.78, 5) is 8.44. The summed E-state index contributed by atoms with van der Waals surface area (Å²) in [5.74, 6) is 1.02. The Bertz CT molecular complexity index is 602. The normalized spacial score (nSPS) is 11.0. The molecule has 0 aliphatic carbocycles. The largest absolute Gasteiger partial charge is 0.493 e. The molecular formula is C20H29N2OSi. The van der Waals surface area contributed by atoms with E-state index in [0.29, 0.717) is 0 Å². The van der Waals surface area contributed by atoms with Crippen molar-refractivity contribution in [2.75, 3.05) is 6.61 Å². The molecule has 2 rings (SSSR count). The third kappa shape index (κ3) is 5.75. The summed E-state index contributed by atoms with van der Waals surface area (Å²) in [6, 6.07) is 9.72. The number of hydrogen-bond donors (Lipinski definition) is 0. The fourth-order valence-electron chi connectivity index (χ4n) is 2.73. The van der Waals surface area contributed by atoms with Crippen LogP contribution in [0.1, 0.15) is 38.2 Å². The van der Waals surface area contributed by atoms with Crippen LogP contribution in [0.25, 0.3) is 11.3 Å². The van der Waals surface area contributed by atoms with Gasteiger partial charge in [-0.3, -0.25) is 0 Å². The number of nitrogens with zero attached hydrogens (tertiary/aromatic N) is 2. The van der Waals surface area contributed by atoms with Crippen molar-refractivity contribution in [1.82, 2.24) is 9.97 Å². The highest BCUT2D eigenvalue weighted by molar-refractivity contribution is 6.55. The molecule has 0 bridgehead atoms. The first kappa shape index (κ1) is 18.7. The second-order valence-corrected chi connectivity index (χ2v) is 9.42. The molecule has 3 nitrogen and oxygen atoms in total. The Morgan fingerprint density at radius 2 is 1.96 bits per heavy atom. The number of aryl methyl sites for hydroxylation is 1. The Labute approximate surface area is 148 Å². The van der Waals surface area contributed by atoms with Gasteiger partial charge in [0, 0.05) is 20.6 Å². The van der Waals surface area contributed by atoms with Crippen molar-refractivity contribution < 1.29 is 4.74 Å². The number of unbranched alkanes of at least 4 members (excludes halogenated alkanes) is 2. The van der Waals surface area contributed by atoms with Crippen LogP contribution in [0.4, 0.5) is 0 Å². The van der Waals surface area contributed by atoms with Crippen LogP contribution < -0.4 is 4.74 Å². The molecule has 1 radical (unpaired) electrons. The maximum Gasteiger partial charge on any atom is 0.131 e. The lowest BCUT2D eigenvalue weighted by Gasteiger charge is -2.16. The van der Waals surface area contributed by atoms with Gasteiger partial charge in [0.1, 0.15) is 12.1 Å². The summed E-state index contributed by atoms with van der Waals surface area (Å²) < 4.78 is 6.25. The molecule has 1 aromatic heterocycles. The standard InChI is InChI=1S/C20H29N2OSi/c1-4-5-9-17-10-8-11-18(19-12-13-21-16-22-19)20(17)23-14-6-7-15-24(2)3/h8,10-13,16H,4-7,9,14-15H2,1-3H3. The fraction of sp³-hybridized carbons (Fsp3) is 0.500. The zero-order chi connectivity index (χ0) is 17.2. The van der Waals surface area contributed by atoms with Gasteiger partial charge in [-0.05, 0) is 37.0 Å². The SMILES string of the molecule is CCCCc1cccc(-c2ccncn2)c1OCCCC[Si](C)C. The molecule has 0 saturated carbocycles. The van der Waals surface area contributed by atoms with E-state index in [-0.39, 0.29) is 8.80 Å². The molecule has 4 heteroatoms. The average Bonchev–Trinajstić information content (AvgIpc) is 2.60. The zero-order valence-corrected chi connectivity index (χ0v) is 16.2. The number of ether oxygens (including phenoxy) is 1. The molecule has 0 amide bonds. The highest BCUT2D eigenvalue weighted by Gasteiger charge is 2.12. The minimum atomic E-state index is -0.122. The maximum absolute atomic E-state index is 6.25. The van der Waals surface area contributed by atoms with Crippen molar-refractivity contribution in [3.63, 3.8) is 0 Å². The number of benzene rings is 1. The summed E-state index contributed by atoms with van der Waals surface area (Å²) >= 11 is 0. The number of rotatable bonds is 10. The van der Waals surface area contributed by atoms with Crippen LogP contribution in [0.3, 0.4) is 0 Å². The van der Waals surface area contributed by atoms with Gasteiger partial charge in [0.25, 0.3) is 0 Å². The van der Waals surface area contributed by atoms with Crippen LogP contribution in [0.15, 0.2) is 36.8 Å². The van der Waals surface area contributed by atoms with Gasteiger partial charge < -0.3 is 4.74 Å². The number of aromatic nitrogens is 2. The smallest absolute Gasteiger partial charge is 0.131 e. The Morgan fingerprint density at radius 3 is 2.67 bits per heavy atom. The summed E-state index contributed by atoms with van der Waals surface area (Å²) in [6.45, 7) is 7.76. The van der Waals surface area contributed by atoms with Gasteiger partial charge in [-0.2, -0.15) is 0 Å². The van der Waals surface area contributed by atoms with Crippen molar-refractivity contribution in [3.8, 4) is 17.0 Å². The predicted octanol–water partition coefficient (Wildman–Crippen LogP) is 5.40.